The predicted octanol–water partition coefficient (Wildman–Crippen LogP) is -2.07. The van der Waals surface area contributed by atoms with Crippen molar-refractivity contribution < 1.29 is 29.6 Å². The lowest BCUT2D eigenvalue weighted by atomic mass is 10.0. The van der Waals surface area contributed by atoms with Gasteiger partial charge in [-0.1, -0.05) is 13.3 Å². The molecule has 0 saturated carbocycles. The van der Waals surface area contributed by atoms with Gasteiger partial charge in [-0.2, -0.15) is 4.98 Å². The summed E-state index contributed by atoms with van der Waals surface area (Å²) in [5, 5.41) is 29.7. The van der Waals surface area contributed by atoms with Crippen molar-refractivity contribution in [2.45, 2.75) is 43.8 Å². The topological polar surface area (TPSA) is 157 Å². The second kappa shape index (κ2) is 7.26. The average molecular weight is 343 g/mol. The number of carbonyl (C=O) groups is 1. The molecule has 24 heavy (non-hydrogen) atoms. The number of aliphatic hydroxyl groups is 3. The first-order chi connectivity index (χ1) is 11.4. The maximum atomic E-state index is 12.6. The minimum atomic E-state index is -2.35. The molecule has 0 amide bonds. The first-order valence-electron chi connectivity index (χ1n) is 7.56. The van der Waals surface area contributed by atoms with Crippen molar-refractivity contribution in [3.05, 3.63) is 22.7 Å². The highest BCUT2D eigenvalue weighted by Crippen LogP contribution is 2.36. The number of carbonyl (C=O) groups excluding carboxylic acids is 1. The summed E-state index contributed by atoms with van der Waals surface area (Å²) in [6.07, 6.45) is -2.27. The van der Waals surface area contributed by atoms with Gasteiger partial charge in [0.05, 0.1) is 13.2 Å². The van der Waals surface area contributed by atoms with Crippen molar-refractivity contribution in [3.63, 3.8) is 0 Å². The van der Waals surface area contributed by atoms with Crippen LogP contribution in [0.25, 0.3) is 0 Å². The van der Waals surface area contributed by atoms with Crippen molar-refractivity contribution in [3.8, 4) is 0 Å². The van der Waals surface area contributed by atoms with E-state index in [1.54, 1.807) is 0 Å². The number of hydrogen-bond donors (Lipinski definition) is 4. The molecule has 1 aliphatic rings. The molecule has 4 atom stereocenters. The molecule has 1 saturated heterocycles. The van der Waals surface area contributed by atoms with Gasteiger partial charge in [0, 0.05) is 6.20 Å². The van der Waals surface area contributed by atoms with Gasteiger partial charge in [-0.05, 0) is 12.5 Å². The van der Waals surface area contributed by atoms with Crippen molar-refractivity contribution in [2.24, 2.45) is 0 Å². The molecule has 1 aromatic heterocycles. The van der Waals surface area contributed by atoms with Crippen molar-refractivity contribution in [1.82, 2.24) is 9.55 Å². The standard InChI is InChI=1S/C14H21N3O7/c1-2-3-6-23-12(21)14(11(20)10(19)8(7-18)24-14)17-5-4-9(15)16-13(17)22/h4-5,8,10-11,18-20H,2-3,6-7H2,1H3,(H2,15,16,22)/t8-,10-,11-,14+/m1/s1. The first-order valence-corrected chi connectivity index (χ1v) is 7.56. The summed E-state index contributed by atoms with van der Waals surface area (Å²) in [6.45, 7) is 1.27. The molecule has 0 bridgehead atoms. The zero-order chi connectivity index (χ0) is 17.9. The third-order valence-electron chi connectivity index (χ3n) is 3.82. The zero-order valence-electron chi connectivity index (χ0n) is 13.2. The summed E-state index contributed by atoms with van der Waals surface area (Å²) in [6, 6.07) is 1.23. The largest absolute Gasteiger partial charge is 0.462 e. The number of aliphatic hydroxyl groups excluding tert-OH is 3. The molecular weight excluding hydrogens is 322 g/mol. The molecule has 2 rings (SSSR count). The van der Waals surface area contributed by atoms with E-state index in [2.05, 4.69) is 4.98 Å². The molecule has 0 unspecified atom stereocenters. The van der Waals surface area contributed by atoms with E-state index in [0.29, 0.717) is 11.0 Å². The van der Waals surface area contributed by atoms with Gasteiger partial charge in [-0.3, -0.25) is 4.57 Å². The summed E-state index contributed by atoms with van der Waals surface area (Å²) in [5.74, 6) is -1.15. The lowest BCUT2D eigenvalue weighted by molar-refractivity contribution is -0.202. The van der Waals surface area contributed by atoms with E-state index in [-0.39, 0.29) is 12.4 Å². The van der Waals surface area contributed by atoms with Crippen LogP contribution in [0.4, 0.5) is 5.82 Å². The van der Waals surface area contributed by atoms with Gasteiger partial charge in [0.1, 0.15) is 24.1 Å². The molecule has 5 N–H and O–H groups in total. The predicted molar refractivity (Wildman–Crippen MR) is 80.7 cm³/mol. The summed E-state index contributed by atoms with van der Waals surface area (Å²) in [4.78, 5) is 28.2. The average Bonchev–Trinajstić information content (AvgIpc) is 2.80. The number of hydrogen-bond acceptors (Lipinski definition) is 9. The van der Waals surface area contributed by atoms with Crippen LogP contribution in [0.1, 0.15) is 19.8 Å². The van der Waals surface area contributed by atoms with Crippen LogP contribution in [0.5, 0.6) is 0 Å². The van der Waals surface area contributed by atoms with E-state index in [1.165, 1.54) is 6.07 Å². The third kappa shape index (κ3) is 3.00. The minimum absolute atomic E-state index is 0.0458. The number of nitrogen functional groups attached to an aromatic ring is 1. The third-order valence-corrected chi connectivity index (χ3v) is 3.82. The number of anilines is 1. The van der Waals surface area contributed by atoms with Crippen LogP contribution in [-0.2, 0) is 20.0 Å². The van der Waals surface area contributed by atoms with Gasteiger partial charge in [0.25, 0.3) is 5.72 Å². The molecule has 0 aromatic carbocycles. The molecule has 2 heterocycles. The van der Waals surface area contributed by atoms with Gasteiger partial charge < -0.3 is 30.5 Å². The van der Waals surface area contributed by atoms with Gasteiger partial charge >= 0.3 is 11.7 Å². The Kier molecular flexibility index (Phi) is 5.54. The number of nitrogens with zero attached hydrogens (tertiary/aromatic N) is 2. The number of aromatic nitrogens is 2. The Labute approximate surface area is 137 Å². The molecule has 10 nitrogen and oxygen atoms in total. The quantitative estimate of drug-likeness (QED) is 0.336. The maximum Gasteiger partial charge on any atom is 0.363 e. The number of esters is 1. The molecule has 1 aromatic rings. The molecule has 1 fully saturated rings. The van der Waals surface area contributed by atoms with Gasteiger partial charge in [-0.25, -0.2) is 9.59 Å². The van der Waals surface area contributed by atoms with Crippen LogP contribution in [0.15, 0.2) is 17.1 Å². The van der Waals surface area contributed by atoms with Crippen molar-refractivity contribution >= 4 is 11.8 Å². The fourth-order valence-corrected chi connectivity index (χ4v) is 2.50. The van der Waals surface area contributed by atoms with Crippen molar-refractivity contribution in [1.29, 1.82) is 0 Å². The van der Waals surface area contributed by atoms with E-state index in [0.717, 1.165) is 12.6 Å². The number of rotatable bonds is 6. The second-order valence-corrected chi connectivity index (χ2v) is 5.47. The van der Waals surface area contributed by atoms with E-state index >= 15 is 0 Å². The zero-order valence-corrected chi connectivity index (χ0v) is 13.2. The molecule has 134 valence electrons. The highest BCUT2D eigenvalue weighted by Gasteiger charge is 2.62. The molecule has 10 heteroatoms. The van der Waals surface area contributed by atoms with Gasteiger partial charge in [0.15, 0.2) is 0 Å². The van der Waals surface area contributed by atoms with Crippen LogP contribution in [-0.4, -0.2) is 62.4 Å². The fourth-order valence-electron chi connectivity index (χ4n) is 2.50. The second-order valence-electron chi connectivity index (χ2n) is 5.47. The molecule has 0 aliphatic carbocycles. The molecule has 1 aliphatic heterocycles. The Morgan fingerprint density at radius 3 is 2.79 bits per heavy atom. The fraction of sp³-hybridized carbons (Fsp3) is 0.643. The summed E-state index contributed by atoms with van der Waals surface area (Å²) in [5.41, 5.74) is 2.11. The molecule has 0 spiro atoms. The first kappa shape index (κ1) is 18.3. The van der Waals surface area contributed by atoms with Gasteiger partial charge in [0.2, 0.25) is 0 Å². The van der Waals surface area contributed by atoms with E-state index in [4.69, 9.17) is 15.2 Å². The Morgan fingerprint density at radius 1 is 1.54 bits per heavy atom. The lowest BCUT2D eigenvalue weighted by Gasteiger charge is -2.31. The minimum Gasteiger partial charge on any atom is -0.462 e. The van der Waals surface area contributed by atoms with Crippen LogP contribution >= 0.6 is 0 Å². The Morgan fingerprint density at radius 2 is 2.25 bits per heavy atom. The van der Waals surface area contributed by atoms with E-state index in [9.17, 15) is 24.9 Å². The Balaban J connectivity index is 2.50. The monoisotopic (exact) mass is 343 g/mol. The van der Waals surface area contributed by atoms with Crippen LogP contribution < -0.4 is 11.4 Å². The number of unbranched alkanes of at least 4 members (excludes halogenated alkanes) is 1. The summed E-state index contributed by atoms with van der Waals surface area (Å²) < 4.78 is 11.2. The normalized spacial score (nSPS) is 29.6. The van der Waals surface area contributed by atoms with Crippen LogP contribution in [0, 0.1) is 0 Å². The van der Waals surface area contributed by atoms with E-state index in [1.807, 2.05) is 6.92 Å². The van der Waals surface area contributed by atoms with E-state index < -0.39 is 42.3 Å². The molecular formula is C14H21N3O7. The van der Waals surface area contributed by atoms with Gasteiger partial charge in [-0.15, -0.1) is 0 Å². The smallest absolute Gasteiger partial charge is 0.363 e. The summed E-state index contributed by atoms with van der Waals surface area (Å²) in [7, 11) is 0. The highest BCUT2D eigenvalue weighted by molar-refractivity contribution is 5.78. The number of nitrogens with two attached hydrogens (primary N) is 1. The highest BCUT2D eigenvalue weighted by atomic mass is 16.6. The van der Waals surface area contributed by atoms with Crippen LogP contribution in [0.2, 0.25) is 0 Å². The van der Waals surface area contributed by atoms with Crippen molar-refractivity contribution in [2.75, 3.05) is 18.9 Å². The Bertz CT molecular complexity index is 650. The Hall–Kier alpha value is -2.01. The summed E-state index contributed by atoms with van der Waals surface area (Å²) >= 11 is 0. The molecule has 0 radical (unpaired) electrons. The number of ether oxygens (including phenoxy) is 2. The van der Waals surface area contributed by atoms with Crippen LogP contribution in [0.3, 0.4) is 0 Å². The SMILES string of the molecule is CCCCOC(=O)[C@@]1(n2ccc(N)nc2=O)O[C@H](CO)[C@@H](O)[C@H]1O. The maximum absolute atomic E-state index is 12.6. The lowest BCUT2D eigenvalue weighted by Crippen LogP contribution is -2.56.